The van der Waals surface area contributed by atoms with Crippen LogP contribution in [0.5, 0.6) is 0 Å². The maximum absolute atomic E-state index is 12.8. The highest BCUT2D eigenvalue weighted by Gasteiger charge is 2.42. The van der Waals surface area contributed by atoms with Crippen LogP contribution >= 0.6 is 11.3 Å². The lowest BCUT2D eigenvalue weighted by molar-refractivity contribution is -0.124. The van der Waals surface area contributed by atoms with E-state index in [9.17, 15) is 4.79 Å². The van der Waals surface area contributed by atoms with Crippen molar-refractivity contribution in [3.8, 4) is 0 Å². The van der Waals surface area contributed by atoms with Crippen molar-refractivity contribution in [1.29, 1.82) is 0 Å². The van der Waals surface area contributed by atoms with Gasteiger partial charge in [0.2, 0.25) is 0 Å². The lowest BCUT2D eigenvalue weighted by Crippen LogP contribution is -2.60. The molecule has 0 aromatic carbocycles. The molecular formula is C17H21N5O3S. The molecule has 2 aromatic heterocycles. The number of hydrogen-bond donors (Lipinski definition) is 0. The Morgan fingerprint density at radius 3 is 2.96 bits per heavy atom. The van der Waals surface area contributed by atoms with Crippen molar-refractivity contribution in [1.82, 2.24) is 19.9 Å². The van der Waals surface area contributed by atoms with E-state index in [-0.39, 0.29) is 5.91 Å². The summed E-state index contributed by atoms with van der Waals surface area (Å²) in [5, 5.41) is 2.71. The summed E-state index contributed by atoms with van der Waals surface area (Å²) in [5.41, 5.74) is -0.0719. The summed E-state index contributed by atoms with van der Waals surface area (Å²) in [6.45, 7) is 5.76. The number of ether oxygens (including phenoxy) is 2. The Balaban J connectivity index is 1.53. The van der Waals surface area contributed by atoms with Crippen LogP contribution in [0.3, 0.4) is 0 Å². The molecule has 2 aliphatic rings. The van der Waals surface area contributed by atoms with E-state index in [4.69, 9.17) is 9.47 Å². The van der Waals surface area contributed by atoms with E-state index in [0.717, 1.165) is 10.8 Å². The molecule has 9 heteroatoms. The molecule has 0 aliphatic carbocycles. The van der Waals surface area contributed by atoms with Crippen molar-refractivity contribution in [2.45, 2.75) is 12.5 Å². The molecule has 1 spiro atoms. The first-order valence-corrected chi connectivity index (χ1v) is 9.47. The Bertz CT molecular complexity index is 771. The summed E-state index contributed by atoms with van der Waals surface area (Å²) in [7, 11) is 0. The van der Waals surface area contributed by atoms with E-state index in [2.05, 4.69) is 19.9 Å². The number of carbonyl (C=O) groups excluding carboxylic acids is 1. The molecule has 2 aliphatic heterocycles. The molecule has 0 saturated carbocycles. The highest BCUT2D eigenvalue weighted by Crippen LogP contribution is 2.26. The molecule has 1 atom stereocenters. The first-order valence-electron chi connectivity index (χ1n) is 8.59. The average molecular weight is 375 g/mol. The van der Waals surface area contributed by atoms with Gasteiger partial charge in [-0.05, 0) is 6.92 Å². The maximum atomic E-state index is 12.8. The van der Waals surface area contributed by atoms with Crippen LogP contribution in [0.4, 0.5) is 5.82 Å². The molecule has 26 heavy (non-hydrogen) atoms. The van der Waals surface area contributed by atoms with Gasteiger partial charge in [0.1, 0.15) is 17.1 Å². The van der Waals surface area contributed by atoms with Gasteiger partial charge in [0.05, 0.1) is 44.1 Å². The predicted octanol–water partition coefficient (Wildman–Crippen LogP) is 0.990. The Morgan fingerprint density at radius 1 is 1.27 bits per heavy atom. The van der Waals surface area contributed by atoms with Crippen molar-refractivity contribution >= 4 is 23.1 Å². The van der Waals surface area contributed by atoms with Crippen LogP contribution < -0.4 is 4.90 Å². The van der Waals surface area contributed by atoms with E-state index in [1.165, 1.54) is 11.3 Å². The fourth-order valence-electron chi connectivity index (χ4n) is 3.38. The van der Waals surface area contributed by atoms with Gasteiger partial charge in [-0.3, -0.25) is 9.78 Å². The van der Waals surface area contributed by atoms with Crippen molar-refractivity contribution in [2.75, 3.05) is 50.9 Å². The molecular weight excluding hydrogens is 354 g/mol. The van der Waals surface area contributed by atoms with Crippen molar-refractivity contribution in [3.05, 3.63) is 34.7 Å². The quantitative estimate of drug-likeness (QED) is 0.774. The smallest absolute Gasteiger partial charge is 0.273 e. The van der Waals surface area contributed by atoms with Crippen LogP contribution in [0, 0.1) is 6.92 Å². The van der Waals surface area contributed by atoms with Gasteiger partial charge in [-0.2, -0.15) is 0 Å². The third kappa shape index (κ3) is 3.55. The van der Waals surface area contributed by atoms with Crippen LogP contribution in [0.2, 0.25) is 0 Å². The van der Waals surface area contributed by atoms with Gasteiger partial charge >= 0.3 is 0 Å². The monoisotopic (exact) mass is 375 g/mol. The molecule has 8 nitrogen and oxygen atoms in total. The highest BCUT2D eigenvalue weighted by atomic mass is 32.1. The van der Waals surface area contributed by atoms with Crippen LogP contribution in [0.1, 0.15) is 15.5 Å². The summed E-state index contributed by atoms with van der Waals surface area (Å²) in [4.78, 5) is 29.6. The molecule has 4 rings (SSSR count). The number of morpholine rings is 1. The number of aryl methyl sites for hydroxylation is 1. The number of aromatic nitrogens is 3. The number of carbonyl (C=O) groups is 1. The van der Waals surface area contributed by atoms with Crippen LogP contribution in [0.25, 0.3) is 0 Å². The summed E-state index contributed by atoms with van der Waals surface area (Å²) >= 11 is 1.49. The number of amides is 1. The topological polar surface area (TPSA) is 80.7 Å². The van der Waals surface area contributed by atoms with Crippen LogP contribution in [0.15, 0.2) is 24.0 Å². The summed E-state index contributed by atoms with van der Waals surface area (Å²) in [6, 6.07) is 0. The molecule has 0 radical (unpaired) electrons. The zero-order valence-electron chi connectivity index (χ0n) is 14.6. The third-order valence-corrected chi connectivity index (χ3v) is 5.37. The van der Waals surface area contributed by atoms with Crippen molar-refractivity contribution in [2.24, 2.45) is 0 Å². The Labute approximate surface area is 155 Å². The molecule has 1 amide bonds. The molecule has 2 fully saturated rings. The fraction of sp³-hybridized carbons (Fsp3) is 0.529. The molecule has 0 N–H and O–H groups in total. The minimum atomic E-state index is -0.576. The molecule has 1 unspecified atom stereocenters. The van der Waals surface area contributed by atoms with E-state index in [1.807, 2.05) is 17.2 Å². The van der Waals surface area contributed by atoms with Gasteiger partial charge in [0.15, 0.2) is 0 Å². The average Bonchev–Trinajstić information content (AvgIpc) is 3.00. The number of rotatable bonds is 2. The zero-order valence-corrected chi connectivity index (χ0v) is 15.4. The van der Waals surface area contributed by atoms with Crippen LogP contribution in [-0.4, -0.2) is 77.4 Å². The second-order valence-electron chi connectivity index (χ2n) is 6.55. The first-order chi connectivity index (χ1) is 12.7. The maximum Gasteiger partial charge on any atom is 0.273 e. The standard InChI is InChI=1S/C17H21N5O3S/c1-13-20-14(9-26-13)16(23)22-5-7-25-17(11-22)10-21(4-6-24-12-17)15-8-18-2-3-19-15/h2-3,8-9H,4-7,10-12H2,1H3. The number of nitrogens with zero attached hydrogens (tertiary/aromatic N) is 5. The van der Waals surface area contributed by atoms with Gasteiger partial charge in [0.25, 0.3) is 5.91 Å². The summed E-state index contributed by atoms with van der Waals surface area (Å²) in [6.07, 6.45) is 5.07. The normalized spacial score (nSPS) is 23.9. The number of anilines is 1. The van der Waals surface area contributed by atoms with Gasteiger partial charge in [0, 0.05) is 30.9 Å². The minimum Gasteiger partial charge on any atom is -0.376 e. The third-order valence-electron chi connectivity index (χ3n) is 4.60. The largest absolute Gasteiger partial charge is 0.376 e. The van der Waals surface area contributed by atoms with E-state index in [0.29, 0.717) is 51.7 Å². The SMILES string of the molecule is Cc1nc(C(=O)N2CCOC3(COCCN(c4cnccn4)C3)C2)cs1. The molecule has 2 saturated heterocycles. The summed E-state index contributed by atoms with van der Waals surface area (Å²) < 4.78 is 11.9. The van der Waals surface area contributed by atoms with Gasteiger partial charge in [-0.25, -0.2) is 9.97 Å². The second-order valence-corrected chi connectivity index (χ2v) is 7.61. The fourth-order valence-corrected chi connectivity index (χ4v) is 3.97. The van der Waals surface area contributed by atoms with E-state index < -0.39 is 5.60 Å². The number of hydrogen-bond acceptors (Lipinski definition) is 8. The van der Waals surface area contributed by atoms with E-state index in [1.54, 1.807) is 18.6 Å². The Morgan fingerprint density at radius 2 is 2.19 bits per heavy atom. The van der Waals surface area contributed by atoms with Crippen molar-refractivity contribution < 1.29 is 14.3 Å². The van der Waals surface area contributed by atoms with Gasteiger partial charge in [-0.15, -0.1) is 11.3 Å². The highest BCUT2D eigenvalue weighted by molar-refractivity contribution is 7.09. The van der Waals surface area contributed by atoms with Gasteiger partial charge in [-0.1, -0.05) is 0 Å². The Hall–Kier alpha value is -2.10. The zero-order chi connectivity index (χ0) is 18.0. The molecule has 0 bridgehead atoms. The molecule has 138 valence electrons. The summed E-state index contributed by atoms with van der Waals surface area (Å²) in [5.74, 6) is 0.742. The minimum absolute atomic E-state index is 0.0488. The second kappa shape index (κ2) is 7.26. The first kappa shape index (κ1) is 17.3. The lowest BCUT2D eigenvalue weighted by atomic mass is 10.0. The van der Waals surface area contributed by atoms with Crippen LogP contribution in [-0.2, 0) is 9.47 Å². The predicted molar refractivity (Wildman–Crippen MR) is 96.5 cm³/mol. The Kier molecular flexibility index (Phi) is 4.84. The van der Waals surface area contributed by atoms with Crippen molar-refractivity contribution in [3.63, 3.8) is 0 Å². The van der Waals surface area contributed by atoms with Gasteiger partial charge < -0.3 is 19.3 Å². The molecule has 2 aromatic rings. The van der Waals surface area contributed by atoms with E-state index >= 15 is 0 Å². The number of thiazole rings is 1. The lowest BCUT2D eigenvalue weighted by Gasteiger charge is -2.43. The molecule has 4 heterocycles.